The predicted octanol–water partition coefficient (Wildman–Crippen LogP) is 3.69. The first-order valence-corrected chi connectivity index (χ1v) is 4.30. The minimum Gasteiger partial charge on any atom is -0.0840 e. The van der Waals surface area contributed by atoms with Gasteiger partial charge in [0.25, 0.3) is 0 Å². The van der Waals surface area contributed by atoms with Crippen molar-refractivity contribution in [3.63, 3.8) is 0 Å². The molecule has 0 saturated heterocycles. The van der Waals surface area contributed by atoms with E-state index in [0.29, 0.717) is 0 Å². The molecule has 0 aliphatic carbocycles. The molecule has 0 amide bonds. The van der Waals surface area contributed by atoms with Gasteiger partial charge in [0.15, 0.2) is 0 Å². The molecule has 59 valence electrons. The Morgan fingerprint density at radius 1 is 1.36 bits per heavy atom. The fourth-order valence-electron chi connectivity index (χ4n) is 0.940. The van der Waals surface area contributed by atoms with E-state index < -0.39 is 0 Å². The molecule has 0 bridgehead atoms. The fraction of sp³-hybridized carbons (Fsp3) is 0.300. The molecule has 1 heteroatoms. The molecule has 0 N–H and O–H groups in total. The summed E-state index contributed by atoms with van der Waals surface area (Å²) in [6.07, 6.45) is 4.44. The first-order valence-electron chi connectivity index (χ1n) is 3.92. The van der Waals surface area contributed by atoms with Crippen molar-refractivity contribution >= 4 is 11.6 Å². The van der Waals surface area contributed by atoms with Crippen molar-refractivity contribution in [3.05, 3.63) is 41.3 Å². The molecule has 0 atom stereocenters. The molecule has 0 fully saturated rings. The molecular formula is C10H12Cl. The molecule has 0 spiro atoms. The average molecular weight is 168 g/mol. The van der Waals surface area contributed by atoms with Crippen LogP contribution in [0, 0.1) is 6.42 Å². The van der Waals surface area contributed by atoms with Crippen molar-refractivity contribution < 1.29 is 0 Å². The van der Waals surface area contributed by atoms with Gasteiger partial charge in [0, 0.05) is 5.02 Å². The largest absolute Gasteiger partial charge is 0.0840 e. The van der Waals surface area contributed by atoms with Gasteiger partial charge in [0.2, 0.25) is 0 Å². The molecule has 1 aromatic carbocycles. The molecule has 0 saturated carbocycles. The zero-order valence-corrected chi connectivity index (χ0v) is 7.43. The third-order valence-corrected chi connectivity index (χ3v) is 1.90. The highest BCUT2D eigenvalue weighted by Crippen LogP contribution is 2.18. The van der Waals surface area contributed by atoms with E-state index in [-0.39, 0.29) is 0 Å². The Kier molecular flexibility index (Phi) is 3.44. The minimum atomic E-state index is 0.848. The Hall–Kier alpha value is -0.490. The van der Waals surface area contributed by atoms with Crippen molar-refractivity contribution in [2.75, 3.05) is 0 Å². The van der Waals surface area contributed by atoms with E-state index in [0.717, 1.165) is 17.0 Å². The van der Waals surface area contributed by atoms with E-state index >= 15 is 0 Å². The smallest absolute Gasteiger partial charge is 0.0441 e. The molecule has 0 heterocycles. The quantitative estimate of drug-likeness (QED) is 0.644. The van der Waals surface area contributed by atoms with Crippen LogP contribution in [0.3, 0.4) is 0 Å². The van der Waals surface area contributed by atoms with Gasteiger partial charge in [-0.3, -0.25) is 0 Å². The molecule has 0 nitrogen and oxygen atoms in total. The van der Waals surface area contributed by atoms with Gasteiger partial charge < -0.3 is 0 Å². The molecule has 1 rings (SSSR count). The van der Waals surface area contributed by atoms with Crippen LogP contribution in [0.25, 0.3) is 0 Å². The van der Waals surface area contributed by atoms with Crippen LogP contribution in [-0.2, 0) is 0 Å². The lowest BCUT2D eigenvalue weighted by molar-refractivity contribution is 0.914. The van der Waals surface area contributed by atoms with Crippen LogP contribution >= 0.6 is 11.6 Å². The van der Waals surface area contributed by atoms with Gasteiger partial charge in [-0.05, 0) is 24.5 Å². The molecule has 0 aliphatic rings. The van der Waals surface area contributed by atoms with Crippen LogP contribution < -0.4 is 0 Å². The zero-order valence-electron chi connectivity index (χ0n) is 6.68. The van der Waals surface area contributed by atoms with Gasteiger partial charge in [0.05, 0.1) is 0 Å². The molecule has 0 unspecified atom stereocenters. The van der Waals surface area contributed by atoms with Gasteiger partial charge in [-0.1, -0.05) is 43.1 Å². The Bertz CT molecular complexity index is 218. The van der Waals surface area contributed by atoms with E-state index in [1.165, 1.54) is 6.42 Å². The summed E-state index contributed by atoms with van der Waals surface area (Å²) in [7, 11) is 0. The van der Waals surface area contributed by atoms with Gasteiger partial charge in [-0.2, -0.15) is 0 Å². The summed E-state index contributed by atoms with van der Waals surface area (Å²) in [5.74, 6) is 0. The summed E-state index contributed by atoms with van der Waals surface area (Å²) in [5, 5.41) is 0.848. The third kappa shape index (κ3) is 2.55. The lowest BCUT2D eigenvalue weighted by Gasteiger charge is -2.00. The maximum absolute atomic E-state index is 5.93. The number of benzene rings is 1. The van der Waals surface area contributed by atoms with Crippen LogP contribution in [0.2, 0.25) is 5.02 Å². The van der Waals surface area contributed by atoms with Crippen LogP contribution in [0.1, 0.15) is 25.3 Å². The Morgan fingerprint density at radius 3 is 2.73 bits per heavy atom. The second-order valence-corrected chi connectivity index (χ2v) is 2.92. The Balaban J connectivity index is 2.62. The summed E-state index contributed by atoms with van der Waals surface area (Å²) >= 11 is 5.93. The van der Waals surface area contributed by atoms with Crippen molar-refractivity contribution in [1.82, 2.24) is 0 Å². The standard InChI is InChI=1S/C10H12Cl/c1-2-3-6-9-7-4-5-8-10(9)11/h4-8H,2-3H2,1H3. The molecule has 1 radical (unpaired) electrons. The number of unbranched alkanes of at least 4 members (excludes halogenated alkanes) is 1. The van der Waals surface area contributed by atoms with Gasteiger partial charge in [0.1, 0.15) is 0 Å². The molecule has 1 aromatic rings. The van der Waals surface area contributed by atoms with Crippen LogP contribution in [0.15, 0.2) is 24.3 Å². The maximum atomic E-state index is 5.93. The van der Waals surface area contributed by atoms with Gasteiger partial charge in [-0.15, -0.1) is 0 Å². The summed E-state index contributed by atoms with van der Waals surface area (Å²) in [6.45, 7) is 2.16. The predicted molar refractivity (Wildman–Crippen MR) is 49.8 cm³/mol. The van der Waals surface area contributed by atoms with Gasteiger partial charge >= 0.3 is 0 Å². The maximum Gasteiger partial charge on any atom is 0.0441 e. The highest BCUT2D eigenvalue weighted by Gasteiger charge is 1.96. The number of hydrogen-bond acceptors (Lipinski definition) is 0. The number of rotatable bonds is 3. The van der Waals surface area contributed by atoms with E-state index in [4.69, 9.17) is 11.6 Å². The zero-order chi connectivity index (χ0) is 8.10. The summed E-state index contributed by atoms with van der Waals surface area (Å²) < 4.78 is 0. The van der Waals surface area contributed by atoms with Crippen LogP contribution in [0.5, 0.6) is 0 Å². The molecule has 0 aliphatic heterocycles. The van der Waals surface area contributed by atoms with Gasteiger partial charge in [-0.25, -0.2) is 0 Å². The average Bonchev–Trinajstić information content (AvgIpc) is 2.03. The van der Waals surface area contributed by atoms with Crippen molar-refractivity contribution in [2.45, 2.75) is 19.8 Å². The topological polar surface area (TPSA) is 0 Å². The van der Waals surface area contributed by atoms with Crippen molar-refractivity contribution in [3.8, 4) is 0 Å². The van der Waals surface area contributed by atoms with E-state index in [1.54, 1.807) is 0 Å². The lowest BCUT2D eigenvalue weighted by atomic mass is 10.1. The monoisotopic (exact) mass is 167 g/mol. The third-order valence-electron chi connectivity index (χ3n) is 1.56. The van der Waals surface area contributed by atoms with E-state index in [2.05, 4.69) is 13.3 Å². The molecule has 0 aromatic heterocycles. The van der Waals surface area contributed by atoms with E-state index in [1.807, 2.05) is 24.3 Å². The second-order valence-electron chi connectivity index (χ2n) is 2.51. The lowest BCUT2D eigenvalue weighted by Crippen LogP contribution is -1.81. The summed E-state index contributed by atoms with van der Waals surface area (Å²) in [5.41, 5.74) is 1.15. The second kappa shape index (κ2) is 4.40. The number of hydrogen-bond donors (Lipinski definition) is 0. The highest BCUT2D eigenvalue weighted by atomic mass is 35.5. The number of halogens is 1. The van der Waals surface area contributed by atoms with Crippen molar-refractivity contribution in [2.24, 2.45) is 0 Å². The summed E-state index contributed by atoms with van der Waals surface area (Å²) in [6, 6.07) is 7.92. The Morgan fingerprint density at radius 2 is 2.09 bits per heavy atom. The minimum absolute atomic E-state index is 0.848. The SMILES string of the molecule is CCC[CH]c1ccccc1Cl. The van der Waals surface area contributed by atoms with Crippen molar-refractivity contribution in [1.29, 1.82) is 0 Å². The first-order chi connectivity index (χ1) is 5.34. The highest BCUT2D eigenvalue weighted by molar-refractivity contribution is 6.31. The normalized spacial score (nSPS) is 10.0. The van der Waals surface area contributed by atoms with E-state index in [9.17, 15) is 0 Å². The molecule has 11 heavy (non-hydrogen) atoms. The van der Waals surface area contributed by atoms with Crippen LogP contribution in [0.4, 0.5) is 0 Å². The summed E-state index contributed by atoms with van der Waals surface area (Å²) in [4.78, 5) is 0. The fourth-order valence-corrected chi connectivity index (χ4v) is 1.15. The molecular weight excluding hydrogens is 156 g/mol. The first kappa shape index (κ1) is 8.61. The van der Waals surface area contributed by atoms with Crippen LogP contribution in [-0.4, -0.2) is 0 Å². The Labute approximate surface area is 73.2 Å².